The molecule has 2 heterocycles. The van der Waals surface area contributed by atoms with Crippen LogP contribution in [0.25, 0.3) is 10.7 Å². The summed E-state index contributed by atoms with van der Waals surface area (Å²) in [6.45, 7) is 4.80. The third kappa shape index (κ3) is 6.55. The molecule has 0 atom stereocenters. The predicted octanol–water partition coefficient (Wildman–Crippen LogP) is 3.63. The van der Waals surface area contributed by atoms with E-state index in [9.17, 15) is 9.59 Å². The SMILES string of the molecule is COc1cc(C(=O)NNC(=O)CCc2nc(-c3cccs3)no2)ccc1OCCC(C)C. The first kappa shape index (κ1) is 23.3. The molecule has 2 N–H and O–H groups in total. The Morgan fingerprint density at radius 3 is 2.75 bits per heavy atom. The number of nitrogens with one attached hydrogen (secondary N) is 2. The van der Waals surface area contributed by atoms with Crippen LogP contribution in [-0.2, 0) is 11.2 Å². The maximum absolute atomic E-state index is 12.4. The average molecular weight is 459 g/mol. The van der Waals surface area contributed by atoms with Crippen molar-refractivity contribution in [3.8, 4) is 22.2 Å². The van der Waals surface area contributed by atoms with Crippen LogP contribution in [0.3, 0.4) is 0 Å². The van der Waals surface area contributed by atoms with Gasteiger partial charge >= 0.3 is 0 Å². The summed E-state index contributed by atoms with van der Waals surface area (Å²) < 4.78 is 16.2. The third-order valence-electron chi connectivity index (χ3n) is 4.47. The van der Waals surface area contributed by atoms with Crippen LogP contribution in [0, 0.1) is 5.92 Å². The zero-order chi connectivity index (χ0) is 22.9. The van der Waals surface area contributed by atoms with Crippen molar-refractivity contribution in [2.24, 2.45) is 5.92 Å². The van der Waals surface area contributed by atoms with Gasteiger partial charge in [-0.3, -0.25) is 20.4 Å². The first-order chi connectivity index (χ1) is 15.5. The van der Waals surface area contributed by atoms with Gasteiger partial charge in [-0.2, -0.15) is 4.98 Å². The molecule has 1 aromatic carbocycles. The summed E-state index contributed by atoms with van der Waals surface area (Å²) in [7, 11) is 1.51. The van der Waals surface area contributed by atoms with Crippen molar-refractivity contribution in [2.45, 2.75) is 33.1 Å². The normalized spacial score (nSPS) is 10.8. The van der Waals surface area contributed by atoms with Crippen molar-refractivity contribution in [2.75, 3.05) is 13.7 Å². The van der Waals surface area contributed by atoms with E-state index >= 15 is 0 Å². The van der Waals surface area contributed by atoms with Crippen molar-refractivity contribution >= 4 is 23.2 Å². The van der Waals surface area contributed by atoms with E-state index in [0.29, 0.717) is 41.3 Å². The summed E-state index contributed by atoms with van der Waals surface area (Å²) in [5, 5.41) is 5.82. The lowest BCUT2D eigenvalue weighted by Crippen LogP contribution is -2.41. The Balaban J connectivity index is 1.46. The largest absolute Gasteiger partial charge is 0.493 e. The number of carbonyl (C=O) groups is 2. The smallest absolute Gasteiger partial charge is 0.269 e. The number of nitrogens with zero attached hydrogens (tertiary/aromatic N) is 2. The van der Waals surface area contributed by atoms with Crippen LogP contribution in [0.5, 0.6) is 11.5 Å². The van der Waals surface area contributed by atoms with Gasteiger partial charge in [-0.25, -0.2) is 0 Å². The molecule has 0 fully saturated rings. The Bertz CT molecular complexity index is 1030. The molecule has 9 nitrogen and oxygen atoms in total. The Labute approximate surface area is 190 Å². The van der Waals surface area contributed by atoms with Gasteiger partial charge in [0, 0.05) is 18.4 Å². The number of benzene rings is 1. The van der Waals surface area contributed by atoms with E-state index < -0.39 is 5.91 Å². The highest BCUT2D eigenvalue weighted by molar-refractivity contribution is 7.13. The molecular weight excluding hydrogens is 432 g/mol. The molecule has 3 rings (SSSR count). The van der Waals surface area contributed by atoms with Gasteiger partial charge in [0.25, 0.3) is 5.91 Å². The van der Waals surface area contributed by atoms with E-state index in [4.69, 9.17) is 14.0 Å². The van der Waals surface area contributed by atoms with Gasteiger partial charge in [0.05, 0.1) is 18.6 Å². The summed E-state index contributed by atoms with van der Waals surface area (Å²) in [6, 6.07) is 8.64. The van der Waals surface area contributed by atoms with Gasteiger partial charge < -0.3 is 14.0 Å². The molecule has 0 spiro atoms. The Kier molecular flexibility index (Phi) is 8.20. The number of carbonyl (C=O) groups excluding carboxylic acids is 2. The third-order valence-corrected chi connectivity index (χ3v) is 5.34. The van der Waals surface area contributed by atoms with Crippen molar-refractivity contribution in [3.05, 3.63) is 47.2 Å². The fourth-order valence-electron chi connectivity index (χ4n) is 2.68. The number of ether oxygens (including phenoxy) is 2. The van der Waals surface area contributed by atoms with Gasteiger partial charge in [0.15, 0.2) is 11.5 Å². The predicted molar refractivity (Wildman–Crippen MR) is 119 cm³/mol. The van der Waals surface area contributed by atoms with E-state index in [1.165, 1.54) is 18.4 Å². The van der Waals surface area contributed by atoms with Crippen LogP contribution in [0.4, 0.5) is 0 Å². The van der Waals surface area contributed by atoms with Crippen molar-refractivity contribution in [1.82, 2.24) is 21.0 Å². The van der Waals surface area contributed by atoms with Crippen molar-refractivity contribution in [3.63, 3.8) is 0 Å². The number of thiophene rings is 1. The molecular formula is C22H26N4O5S. The minimum Gasteiger partial charge on any atom is -0.493 e. The van der Waals surface area contributed by atoms with Gasteiger partial charge in [-0.1, -0.05) is 25.1 Å². The molecule has 0 unspecified atom stereocenters. The van der Waals surface area contributed by atoms with E-state index in [1.807, 2.05) is 17.5 Å². The number of amides is 2. The number of aryl methyl sites for hydroxylation is 1. The molecule has 0 aliphatic heterocycles. The molecule has 3 aromatic rings. The second-order valence-corrected chi connectivity index (χ2v) is 8.34. The molecule has 2 amide bonds. The zero-order valence-corrected chi connectivity index (χ0v) is 19.0. The van der Waals surface area contributed by atoms with Crippen LogP contribution < -0.4 is 20.3 Å². The second kappa shape index (κ2) is 11.3. The lowest BCUT2D eigenvalue weighted by atomic mass is 10.1. The molecule has 0 radical (unpaired) electrons. The summed E-state index contributed by atoms with van der Waals surface area (Å²) >= 11 is 1.50. The summed E-state index contributed by atoms with van der Waals surface area (Å²) in [6.07, 6.45) is 1.25. The highest BCUT2D eigenvalue weighted by atomic mass is 32.1. The molecule has 0 bridgehead atoms. The van der Waals surface area contributed by atoms with Crippen LogP contribution in [0.2, 0.25) is 0 Å². The maximum atomic E-state index is 12.4. The number of hydrogen-bond donors (Lipinski definition) is 2. The average Bonchev–Trinajstić information content (AvgIpc) is 3.47. The fraction of sp³-hybridized carbons (Fsp3) is 0.364. The van der Waals surface area contributed by atoms with Gasteiger partial charge in [-0.05, 0) is 42.0 Å². The zero-order valence-electron chi connectivity index (χ0n) is 18.2. The molecule has 0 saturated carbocycles. The Morgan fingerprint density at radius 1 is 1.19 bits per heavy atom. The highest BCUT2D eigenvalue weighted by Gasteiger charge is 2.14. The minimum absolute atomic E-state index is 0.0817. The summed E-state index contributed by atoms with van der Waals surface area (Å²) in [4.78, 5) is 29.6. The van der Waals surface area contributed by atoms with E-state index in [-0.39, 0.29) is 18.7 Å². The van der Waals surface area contributed by atoms with Gasteiger partial charge in [0.1, 0.15) is 0 Å². The van der Waals surface area contributed by atoms with E-state index in [2.05, 4.69) is 34.8 Å². The van der Waals surface area contributed by atoms with Gasteiger partial charge in [-0.15, -0.1) is 11.3 Å². The van der Waals surface area contributed by atoms with Crippen LogP contribution in [0.1, 0.15) is 42.9 Å². The fourth-order valence-corrected chi connectivity index (χ4v) is 3.33. The van der Waals surface area contributed by atoms with Gasteiger partial charge in [0.2, 0.25) is 17.6 Å². The quantitative estimate of drug-likeness (QED) is 0.446. The standard InChI is InChI=1S/C22H26N4O5S/c1-14(2)10-11-30-16-7-6-15(13-17(16)29-3)22(28)25-24-19(27)8-9-20-23-21(26-31-20)18-5-4-12-32-18/h4-7,12-14H,8-11H2,1-3H3,(H,24,27)(H,25,28). The molecule has 170 valence electrons. The lowest BCUT2D eigenvalue weighted by Gasteiger charge is -2.13. The number of rotatable bonds is 10. The molecule has 10 heteroatoms. The highest BCUT2D eigenvalue weighted by Crippen LogP contribution is 2.28. The molecule has 0 saturated heterocycles. The summed E-state index contributed by atoms with van der Waals surface area (Å²) in [5.41, 5.74) is 5.11. The second-order valence-electron chi connectivity index (χ2n) is 7.39. The summed E-state index contributed by atoms with van der Waals surface area (Å²) in [5.74, 6) is 1.54. The lowest BCUT2D eigenvalue weighted by molar-refractivity contribution is -0.121. The monoisotopic (exact) mass is 458 g/mol. The number of hydrazine groups is 1. The first-order valence-corrected chi connectivity index (χ1v) is 11.1. The molecule has 0 aliphatic carbocycles. The minimum atomic E-state index is -0.469. The van der Waals surface area contributed by atoms with E-state index in [0.717, 1.165) is 11.3 Å². The molecule has 0 aliphatic rings. The van der Waals surface area contributed by atoms with Crippen molar-refractivity contribution < 1.29 is 23.6 Å². The van der Waals surface area contributed by atoms with Crippen LogP contribution >= 0.6 is 11.3 Å². The Morgan fingerprint density at radius 2 is 2.03 bits per heavy atom. The van der Waals surface area contributed by atoms with Crippen LogP contribution in [0.15, 0.2) is 40.2 Å². The Hall–Kier alpha value is -3.40. The number of aromatic nitrogens is 2. The van der Waals surface area contributed by atoms with Crippen molar-refractivity contribution in [1.29, 1.82) is 0 Å². The first-order valence-electron chi connectivity index (χ1n) is 10.2. The molecule has 2 aromatic heterocycles. The maximum Gasteiger partial charge on any atom is 0.269 e. The molecule has 32 heavy (non-hydrogen) atoms. The number of hydrogen-bond acceptors (Lipinski definition) is 8. The topological polar surface area (TPSA) is 116 Å². The van der Waals surface area contributed by atoms with Crippen LogP contribution in [-0.4, -0.2) is 35.7 Å². The number of methoxy groups -OCH3 is 1. The van der Waals surface area contributed by atoms with E-state index in [1.54, 1.807) is 18.2 Å².